The number of rotatable bonds is 3. The monoisotopic (exact) mass is 591 g/mol. The Morgan fingerprint density at radius 2 is 1.79 bits per heavy atom. The molecule has 9 nitrogen and oxygen atoms in total. The minimum Gasteiger partial charge on any atom is -0.504 e. The van der Waals surface area contributed by atoms with Crippen molar-refractivity contribution in [2.24, 2.45) is 11.3 Å². The first-order chi connectivity index (χ1) is 18.6. The number of benzene rings is 2. The van der Waals surface area contributed by atoms with E-state index in [1.54, 1.807) is 56.3 Å². The van der Waals surface area contributed by atoms with Crippen LogP contribution in [-0.4, -0.2) is 37.7 Å². The predicted octanol–water partition coefficient (Wildman–Crippen LogP) is 3.67. The Morgan fingerprint density at radius 1 is 1.08 bits per heavy atom. The maximum Gasteiger partial charge on any atom is 0.352 e. The third-order valence-electron chi connectivity index (χ3n) is 8.55. The Morgan fingerprint density at radius 3 is 2.49 bits per heavy atom. The molecule has 39 heavy (non-hydrogen) atoms. The zero-order valence-corrected chi connectivity index (χ0v) is 23.1. The highest BCUT2D eigenvalue weighted by molar-refractivity contribution is 9.10. The van der Waals surface area contributed by atoms with Gasteiger partial charge in [-0.05, 0) is 54.8 Å². The first-order valence-corrected chi connectivity index (χ1v) is 13.4. The van der Waals surface area contributed by atoms with E-state index < -0.39 is 34.7 Å². The van der Waals surface area contributed by atoms with Gasteiger partial charge in [0.2, 0.25) is 0 Å². The summed E-state index contributed by atoms with van der Waals surface area (Å²) in [6.45, 7) is 3.48. The Hall–Kier alpha value is -3.92. The van der Waals surface area contributed by atoms with E-state index >= 15 is 0 Å². The van der Waals surface area contributed by atoms with Crippen LogP contribution in [0.15, 0.2) is 79.8 Å². The summed E-state index contributed by atoms with van der Waals surface area (Å²) in [5, 5.41) is 11.3. The van der Waals surface area contributed by atoms with E-state index in [4.69, 9.17) is 4.74 Å². The van der Waals surface area contributed by atoms with Crippen LogP contribution in [0.4, 0.5) is 0 Å². The number of hydrogen-bond acceptors (Lipinski definition) is 6. The van der Waals surface area contributed by atoms with Crippen LogP contribution < -0.4 is 16.1 Å². The van der Waals surface area contributed by atoms with Gasteiger partial charge in [-0.2, -0.15) is 0 Å². The van der Waals surface area contributed by atoms with Gasteiger partial charge in [0.1, 0.15) is 0 Å². The van der Waals surface area contributed by atoms with Gasteiger partial charge in [0.15, 0.2) is 23.1 Å². The standard InChI is InChI=1S/C29H26BrN3O6/c1-15-11-23(34)29(2)20(25(15)35)14-21-18(24(29)19-12-16(30)13-22(39-3)26(19)36)9-10-31-27(37)32(28(38)33(21)31)17-7-5-4-6-8-17/h4-9,11-13,20-21,24,36H,10,14H2,1-3H3/t20-,21+,24+,29-/m0/s1. The summed E-state index contributed by atoms with van der Waals surface area (Å²) in [5.41, 5.74) is -0.334. The SMILES string of the molecule is COc1cc(Br)cc([C@H]2C3=CCn4c(=O)n(-c5ccccc5)c(=O)n4[C@@H]3C[C@H]3C(=O)C(C)=CC(=O)[C@@]23C)c1O. The number of aromatic nitrogens is 3. The number of methoxy groups -OCH3 is 1. The third kappa shape index (κ3) is 3.43. The highest BCUT2D eigenvalue weighted by Crippen LogP contribution is 2.61. The average Bonchev–Trinajstić information content (AvgIpc) is 3.18. The molecular formula is C29H26BrN3O6. The summed E-state index contributed by atoms with van der Waals surface area (Å²) in [4.78, 5) is 54.7. The number of Topliss-reactive ketones (excluding diaryl/α,β-unsaturated/α-hetero) is 1. The second kappa shape index (κ2) is 8.81. The predicted molar refractivity (Wildman–Crippen MR) is 146 cm³/mol. The number of fused-ring (bicyclic) bond motifs is 4. The molecule has 6 rings (SSSR count). The van der Waals surface area contributed by atoms with Crippen molar-refractivity contribution in [3.05, 3.63) is 96.8 Å². The van der Waals surface area contributed by atoms with Crippen LogP contribution in [0, 0.1) is 11.3 Å². The molecule has 2 heterocycles. The summed E-state index contributed by atoms with van der Waals surface area (Å²) >= 11 is 3.48. The van der Waals surface area contributed by atoms with E-state index in [-0.39, 0.29) is 36.0 Å². The molecule has 2 aromatic carbocycles. The molecule has 0 unspecified atom stereocenters. The summed E-state index contributed by atoms with van der Waals surface area (Å²) < 4.78 is 9.94. The molecule has 0 saturated heterocycles. The topological polar surface area (TPSA) is 113 Å². The second-order valence-electron chi connectivity index (χ2n) is 10.5. The first kappa shape index (κ1) is 25.4. The van der Waals surface area contributed by atoms with Gasteiger partial charge in [-0.15, -0.1) is 0 Å². The molecule has 0 amide bonds. The van der Waals surface area contributed by atoms with Crippen LogP contribution in [-0.2, 0) is 16.1 Å². The van der Waals surface area contributed by atoms with Crippen molar-refractivity contribution in [2.45, 2.75) is 38.8 Å². The smallest absolute Gasteiger partial charge is 0.352 e. The van der Waals surface area contributed by atoms with Crippen molar-refractivity contribution >= 4 is 27.5 Å². The van der Waals surface area contributed by atoms with Gasteiger partial charge in [-0.1, -0.05) is 47.1 Å². The molecule has 0 bridgehead atoms. The number of ketones is 2. The highest BCUT2D eigenvalue weighted by atomic mass is 79.9. The van der Waals surface area contributed by atoms with E-state index in [9.17, 15) is 24.3 Å². The number of hydrogen-bond donors (Lipinski definition) is 1. The Bertz CT molecular complexity index is 1740. The minimum atomic E-state index is -1.23. The van der Waals surface area contributed by atoms with Gasteiger partial charge in [-0.3, -0.25) is 9.59 Å². The summed E-state index contributed by atoms with van der Waals surface area (Å²) in [6, 6.07) is 11.3. The number of ether oxygens (including phenoxy) is 1. The highest BCUT2D eigenvalue weighted by Gasteiger charge is 2.59. The number of phenols is 1. The zero-order chi connectivity index (χ0) is 27.8. The molecule has 3 aromatic rings. The van der Waals surface area contributed by atoms with Crippen LogP contribution in [0.1, 0.15) is 37.8 Å². The van der Waals surface area contributed by atoms with Gasteiger partial charge in [0.25, 0.3) is 0 Å². The normalized spacial score (nSPS) is 25.8. The summed E-state index contributed by atoms with van der Waals surface area (Å²) in [6.07, 6.45) is 3.40. The van der Waals surface area contributed by atoms with Gasteiger partial charge in [-0.25, -0.2) is 23.5 Å². The quantitative estimate of drug-likeness (QED) is 0.465. The van der Waals surface area contributed by atoms with Gasteiger partial charge in [0, 0.05) is 21.9 Å². The van der Waals surface area contributed by atoms with Crippen molar-refractivity contribution in [1.29, 1.82) is 0 Å². The van der Waals surface area contributed by atoms with E-state index in [2.05, 4.69) is 15.9 Å². The van der Waals surface area contributed by atoms with Crippen LogP contribution in [0.5, 0.6) is 11.5 Å². The van der Waals surface area contributed by atoms with Crippen molar-refractivity contribution in [3.63, 3.8) is 0 Å². The second-order valence-corrected chi connectivity index (χ2v) is 11.4. The van der Waals surface area contributed by atoms with Crippen molar-refractivity contribution in [2.75, 3.05) is 7.11 Å². The fourth-order valence-corrected chi connectivity index (χ4v) is 7.11. The number of allylic oxidation sites excluding steroid dienone is 4. The number of phenolic OH excluding ortho intramolecular Hbond substituents is 1. The largest absolute Gasteiger partial charge is 0.504 e. The minimum absolute atomic E-state index is 0.0971. The molecule has 3 aliphatic rings. The van der Waals surface area contributed by atoms with Crippen LogP contribution in [0.2, 0.25) is 0 Å². The van der Waals surface area contributed by atoms with Gasteiger partial charge in [0.05, 0.1) is 30.8 Å². The van der Waals surface area contributed by atoms with Gasteiger partial charge >= 0.3 is 11.4 Å². The number of para-hydroxylation sites is 1. The number of aromatic hydroxyl groups is 1. The first-order valence-electron chi connectivity index (χ1n) is 12.6. The maximum atomic E-state index is 13.8. The molecule has 1 saturated carbocycles. The zero-order valence-electron chi connectivity index (χ0n) is 21.6. The fraction of sp³-hybridized carbons (Fsp3) is 0.310. The molecule has 4 atom stereocenters. The van der Waals surface area contributed by atoms with Gasteiger partial charge < -0.3 is 9.84 Å². The number of carbonyl (C=O) groups is 2. The van der Waals surface area contributed by atoms with Crippen molar-refractivity contribution < 1.29 is 19.4 Å². The van der Waals surface area contributed by atoms with Crippen LogP contribution >= 0.6 is 15.9 Å². The molecule has 200 valence electrons. The lowest BCUT2D eigenvalue weighted by Gasteiger charge is -2.52. The number of nitrogens with zero attached hydrogens (tertiary/aromatic N) is 3. The lowest BCUT2D eigenvalue weighted by atomic mass is 9.51. The van der Waals surface area contributed by atoms with Crippen molar-refractivity contribution in [1.82, 2.24) is 13.9 Å². The van der Waals surface area contributed by atoms with E-state index in [0.717, 1.165) is 4.57 Å². The summed E-state index contributed by atoms with van der Waals surface area (Å²) in [7, 11) is 1.44. The maximum absolute atomic E-state index is 13.8. The molecule has 1 N–H and O–H groups in total. The van der Waals surface area contributed by atoms with Crippen LogP contribution in [0.25, 0.3) is 5.69 Å². The molecule has 10 heteroatoms. The molecule has 2 aliphatic carbocycles. The molecule has 1 aromatic heterocycles. The third-order valence-corrected chi connectivity index (χ3v) is 9.01. The fourth-order valence-electron chi connectivity index (χ4n) is 6.66. The Balaban J connectivity index is 1.63. The Labute approximate surface area is 231 Å². The van der Waals surface area contributed by atoms with E-state index in [0.29, 0.717) is 26.9 Å². The number of carbonyl (C=O) groups excluding carboxylic acids is 2. The lowest BCUT2D eigenvalue weighted by molar-refractivity contribution is -0.139. The lowest BCUT2D eigenvalue weighted by Crippen LogP contribution is -2.54. The summed E-state index contributed by atoms with van der Waals surface area (Å²) in [5.74, 6) is -1.87. The van der Waals surface area contributed by atoms with E-state index in [1.807, 2.05) is 6.08 Å². The molecule has 0 spiro atoms. The Kier molecular flexibility index (Phi) is 5.73. The molecular weight excluding hydrogens is 566 g/mol. The molecule has 1 fully saturated rings. The van der Waals surface area contributed by atoms with E-state index in [1.165, 1.54) is 22.5 Å². The molecule has 0 radical (unpaired) electrons. The van der Waals surface area contributed by atoms with Crippen molar-refractivity contribution in [3.8, 4) is 17.2 Å². The number of halogens is 1. The molecule has 1 aliphatic heterocycles. The average molecular weight is 592 g/mol. The van der Waals surface area contributed by atoms with Crippen LogP contribution in [0.3, 0.4) is 0 Å².